The fourth-order valence-corrected chi connectivity index (χ4v) is 4.74. The number of unbranched alkanes of at least 4 members (excludes halogenated alkanes) is 1. The predicted octanol–water partition coefficient (Wildman–Crippen LogP) is 3.94. The number of nitrogens with zero attached hydrogens (tertiary/aromatic N) is 4. The van der Waals surface area contributed by atoms with Gasteiger partial charge in [0.15, 0.2) is 0 Å². The molecule has 4 rings (SSSR count). The second kappa shape index (κ2) is 16.2. The van der Waals surface area contributed by atoms with Crippen LogP contribution in [0.1, 0.15) is 30.9 Å². The van der Waals surface area contributed by atoms with Crippen molar-refractivity contribution in [3.05, 3.63) is 102 Å². The summed E-state index contributed by atoms with van der Waals surface area (Å²) < 4.78 is 0. The highest BCUT2D eigenvalue weighted by Crippen LogP contribution is 2.24. The smallest absolute Gasteiger partial charge is 0.244 e. The van der Waals surface area contributed by atoms with Gasteiger partial charge in [-0.15, -0.1) is 0 Å². The standard InChI is InChI=1S/C24H30N4O3.C8H11N/c1-20(30)26(16-10-9-13-21-11-5-3-6-12-21)17-23-27(19-29)25(2)18-24(31)28(23)22-14-7-4-8-15-22;1-9-7-8-5-3-2-4-6-8/h3-8,11-12,14-15,19,23H,9-10,13,16-18H2,1-2H3;2-6,9H,7H2,1H3. The van der Waals surface area contributed by atoms with E-state index in [1.54, 1.807) is 21.9 Å². The SMILES string of the molecule is CC(=O)N(CCCCc1ccccc1)CC1N(c2ccccc2)C(=O)CN(C)N1C=O.CNCc1ccccc1. The lowest BCUT2D eigenvalue weighted by Gasteiger charge is -2.47. The number of likely N-dealkylation sites (N-methyl/N-ethyl adjacent to an activating group) is 1. The van der Waals surface area contributed by atoms with Gasteiger partial charge in [0.2, 0.25) is 18.2 Å². The number of aryl methyl sites for hydroxylation is 1. The zero-order valence-corrected chi connectivity index (χ0v) is 23.8. The maximum Gasteiger partial charge on any atom is 0.244 e. The zero-order valence-electron chi connectivity index (χ0n) is 23.8. The molecule has 0 bridgehead atoms. The zero-order chi connectivity index (χ0) is 28.7. The molecule has 8 heteroatoms. The van der Waals surface area contributed by atoms with E-state index in [4.69, 9.17) is 0 Å². The van der Waals surface area contributed by atoms with Gasteiger partial charge in [-0.25, -0.2) is 5.01 Å². The Kier molecular flexibility index (Phi) is 12.3. The van der Waals surface area contributed by atoms with Gasteiger partial charge in [0, 0.05) is 32.7 Å². The highest BCUT2D eigenvalue weighted by molar-refractivity contribution is 5.96. The van der Waals surface area contributed by atoms with E-state index in [1.165, 1.54) is 23.1 Å². The van der Waals surface area contributed by atoms with Crippen LogP contribution in [0.3, 0.4) is 0 Å². The van der Waals surface area contributed by atoms with Gasteiger partial charge in [0.1, 0.15) is 6.17 Å². The molecule has 0 radical (unpaired) electrons. The van der Waals surface area contributed by atoms with Crippen LogP contribution in [0.2, 0.25) is 0 Å². The van der Waals surface area contributed by atoms with Crippen LogP contribution in [0, 0.1) is 0 Å². The molecule has 1 aliphatic heterocycles. The summed E-state index contributed by atoms with van der Waals surface area (Å²) in [6.45, 7) is 3.42. The van der Waals surface area contributed by atoms with Crippen LogP contribution < -0.4 is 10.2 Å². The number of hydrogen-bond acceptors (Lipinski definition) is 5. The van der Waals surface area contributed by atoms with E-state index < -0.39 is 6.17 Å². The molecule has 1 atom stereocenters. The first-order valence-electron chi connectivity index (χ1n) is 13.7. The molecule has 212 valence electrons. The third-order valence-corrected chi connectivity index (χ3v) is 6.81. The number of para-hydroxylation sites is 1. The van der Waals surface area contributed by atoms with Crippen molar-refractivity contribution in [2.24, 2.45) is 0 Å². The summed E-state index contributed by atoms with van der Waals surface area (Å²) in [5.74, 6) is -0.177. The van der Waals surface area contributed by atoms with Gasteiger partial charge in [-0.2, -0.15) is 0 Å². The summed E-state index contributed by atoms with van der Waals surface area (Å²) in [6.07, 6.45) is 2.88. The Morgan fingerprint density at radius 3 is 2.05 bits per heavy atom. The molecule has 1 unspecified atom stereocenters. The Bertz CT molecular complexity index is 1180. The quantitative estimate of drug-likeness (QED) is 0.293. The van der Waals surface area contributed by atoms with Crippen LogP contribution >= 0.6 is 0 Å². The molecule has 1 heterocycles. The summed E-state index contributed by atoms with van der Waals surface area (Å²) in [5.41, 5.74) is 3.32. The van der Waals surface area contributed by atoms with Crippen LogP contribution in [0.5, 0.6) is 0 Å². The van der Waals surface area contributed by atoms with Gasteiger partial charge in [0.05, 0.1) is 13.1 Å². The number of amides is 3. The minimum Gasteiger partial charge on any atom is -0.339 e. The van der Waals surface area contributed by atoms with Crippen molar-refractivity contribution in [2.75, 3.05) is 38.6 Å². The molecule has 3 amide bonds. The van der Waals surface area contributed by atoms with E-state index >= 15 is 0 Å². The summed E-state index contributed by atoms with van der Waals surface area (Å²) in [6, 6.07) is 29.9. The van der Waals surface area contributed by atoms with Crippen molar-refractivity contribution in [1.29, 1.82) is 0 Å². The molecule has 1 fully saturated rings. The molecule has 1 saturated heterocycles. The number of hydrazine groups is 1. The molecular formula is C32H41N5O3. The fraction of sp³-hybridized carbons (Fsp3) is 0.344. The number of nitrogens with one attached hydrogen (secondary N) is 1. The van der Waals surface area contributed by atoms with Crippen molar-refractivity contribution in [3.63, 3.8) is 0 Å². The second-order valence-corrected chi connectivity index (χ2v) is 9.80. The third-order valence-electron chi connectivity index (χ3n) is 6.81. The van der Waals surface area contributed by atoms with E-state index in [0.717, 1.165) is 32.2 Å². The Balaban J connectivity index is 0.000000415. The third kappa shape index (κ3) is 9.03. The summed E-state index contributed by atoms with van der Waals surface area (Å²) >= 11 is 0. The van der Waals surface area contributed by atoms with E-state index in [2.05, 4.69) is 29.6 Å². The Hall–Kier alpha value is -4.01. The van der Waals surface area contributed by atoms with Gasteiger partial charge in [-0.3, -0.25) is 24.3 Å². The minimum absolute atomic E-state index is 0.0701. The molecule has 0 aromatic heterocycles. The van der Waals surface area contributed by atoms with Crippen molar-refractivity contribution in [2.45, 2.75) is 38.9 Å². The molecular weight excluding hydrogens is 502 g/mol. The Morgan fingerprint density at radius 1 is 0.925 bits per heavy atom. The number of hydrogen-bond donors (Lipinski definition) is 1. The molecule has 40 heavy (non-hydrogen) atoms. The molecule has 0 spiro atoms. The first-order chi connectivity index (χ1) is 19.4. The van der Waals surface area contributed by atoms with Crippen LogP contribution in [0.25, 0.3) is 0 Å². The van der Waals surface area contributed by atoms with E-state index in [0.29, 0.717) is 12.2 Å². The van der Waals surface area contributed by atoms with Gasteiger partial charge in [-0.1, -0.05) is 78.9 Å². The van der Waals surface area contributed by atoms with Crippen molar-refractivity contribution in [3.8, 4) is 0 Å². The highest BCUT2D eigenvalue weighted by Gasteiger charge is 2.39. The van der Waals surface area contributed by atoms with E-state index in [9.17, 15) is 14.4 Å². The largest absolute Gasteiger partial charge is 0.339 e. The number of anilines is 1. The van der Waals surface area contributed by atoms with Crippen LogP contribution in [0.4, 0.5) is 5.69 Å². The van der Waals surface area contributed by atoms with Gasteiger partial charge >= 0.3 is 0 Å². The van der Waals surface area contributed by atoms with Crippen molar-refractivity contribution in [1.82, 2.24) is 20.2 Å². The minimum atomic E-state index is -0.593. The van der Waals surface area contributed by atoms with Crippen LogP contribution in [-0.4, -0.2) is 73.0 Å². The van der Waals surface area contributed by atoms with Gasteiger partial charge < -0.3 is 10.2 Å². The number of benzene rings is 3. The Labute approximate surface area is 238 Å². The van der Waals surface area contributed by atoms with Crippen LogP contribution in [0.15, 0.2) is 91.0 Å². The number of carbonyl (C=O) groups is 3. The molecule has 1 aliphatic rings. The van der Waals surface area contributed by atoms with E-state index in [1.807, 2.05) is 73.8 Å². The van der Waals surface area contributed by atoms with Crippen LogP contribution in [-0.2, 0) is 27.3 Å². The van der Waals surface area contributed by atoms with E-state index in [-0.39, 0.29) is 24.9 Å². The number of carbonyl (C=O) groups excluding carboxylic acids is 3. The highest BCUT2D eigenvalue weighted by atomic mass is 16.2. The maximum absolute atomic E-state index is 12.9. The first kappa shape index (κ1) is 30.5. The van der Waals surface area contributed by atoms with Crippen molar-refractivity contribution < 1.29 is 14.4 Å². The lowest BCUT2D eigenvalue weighted by atomic mass is 10.1. The van der Waals surface area contributed by atoms with Gasteiger partial charge in [0.25, 0.3) is 0 Å². The molecule has 0 saturated carbocycles. The van der Waals surface area contributed by atoms with Crippen molar-refractivity contribution >= 4 is 23.9 Å². The summed E-state index contributed by atoms with van der Waals surface area (Å²) in [5, 5.41) is 6.18. The van der Waals surface area contributed by atoms with Gasteiger partial charge in [-0.05, 0) is 49.6 Å². The number of rotatable bonds is 11. The first-order valence-corrected chi connectivity index (χ1v) is 13.7. The fourth-order valence-electron chi connectivity index (χ4n) is 4.74. The molecule has 8 nitrogen and oxygen atoms in total. The second-order valence-electron chi connectivity index (χ2n) is 9.80. The summed E-state index contributed by atoms with van der Waals surface area (Å²) in [7, 11) is 3.66. The topological polar surface area (TPSA) is 76.2 Å². The summed E-state index contributed by atoms with van der Waals surface area (Å²) in [4.78, 5) is 40.5. The molecule has 0 aliphatic carbocycles. The monoisotopic (exact) mass is 543 g/mol. The normalized spacial score (nSPS) is 15.3. The predicted molar refractivity (Wildman–Crippen MR) is 159 cm³/mol. The lowest BCUT2D eigenvalue weighted by molar-refractivity contribution is -0.153. The molecule has 3 aromatic carbocycles. The average molecular weight is 544 g/mol. The lowest BCUT2D eigenvalue weighted by Crippen LogP contribution is -2.67. The Morgan fingerprint density at radius 2 is 1.50 bits per heavy atom. The molecule has 3 aromatic rings. The molecule has 1 N–H and O–H groups in total. The average Bonchev–Trinajstić information content (AvgIpc) is 2.96. The maximum atomic E-state index is 12.9.